The fraction of sp³-hybridized carbons (Fsp3) is 0. The number of amides is 2. The predicted octanol–water partition coefficient (Wildman–Crippen LogP) is 5.03. The first-order chi connectivity index (χ1) is 14.6. The van der Waals surface area contributed by atoms with Crippen LogP contribution >= 0.6 is 11.6 Å². The number of hydrogen-bond donors (Lipinski definition) is 2. The molecule has 4 aromatic rings. The van der Waals surface area contributed by atoms with E-state index >= 15 is 0 Å². The zero-order chi connectivity index (χ0) is 20.9. The largest absolute Gasteiger partial charge is 0.322 e. The van der Waals surface area contributed by atoms with Gasteiger partial charge in [0.25, 0.3) is 11.8 Å². The Morgan fingerprint density at radius 2 is 1.33 bits per heavy atom. The first-order valence-corrected chi connectivity index (χ1v) is 9.57. The molecule has 0 bridgehead atoms. The molecule has 0 aliphatic heterocycles. The molecular weight excluding hydrogens is 400 g/mol. The maximum absolute atomic E-state index is 12.9. The van der Waals surface area contributed by atoms with E-state index in [1.54, 1.807) is 36.4 Å². The Labute approximate surface area is 178 Å². The van der Waals surface area contributed by atoms with Gasteiger partial charge in [-0.05, 0) is 36.4 Å². The summed E-state index contributed by atoms with van der Waals surface area (Å²) in [4.78, 5) is 25.8. The van der Waals surface area contributed by atoms with E-state index in [4.69, 9.17) is 11.6 Å². The molecule has 0 saturated carbocycles. The van der Waals surface area contributed by atoms with E-state index in [0.717, 1.165) is 0 Å². The SMILES string of the molecule is O=C(Nc1c(C(=O)Nc2ccccc2)cnn1-c1ccccc1)c1ccccc1Cl. The summed E-state index contributed by atoms with van der Waals surface area (Å²) >= 11 is 6.16. The third-order valence-electron chi connectivity index (χ3n) is 4.40. The van der Waals surface area contributed by atoms with Crippen LogP contribution in [-0.2, 0) is 0 Å². The van der Waals surface area contributed by atoms with Crippen molar-refractivity contribution < 1.29 is 9.59 Å². The molecule has 2 N–H and O–H groups in total. The smallest absolute Gasteiger partial charge is 0.261 e. The van der Waals surface area contributed by atoms with Gasteiger partial charge in [0.2, 0.25) is 0 Å². The first-order valence-electron chi connectivity index (χ1n) is 9.19. The summed E-state index contributed by atoms with van der Waals surface area (Å²) in [5.74, 6) is -0.579. The number of anilines is 2. The third kappa shape index (κ3) is 4.09. The van der Waals surface area contributed by atoms with Crippen molar-refractivity contribution in [3.8, 4) is 5.69 Å². The second-order valence-corrected chi connectivity index (χ2v) is 6.82. The summed E-state index contributed by atoms with van der Waals surface area (Å²) in [5.41, 5.74) is 1.86. The summed E-state index contributed by atoms with van der Waals surface area (Å²) in [5, 5.41) is 10.3. The van der Waals surface area contributed by atoms with Crippen LogP contribution in [0.3, 0.4) is 0 Å². The van der Waals surface area contributed by atoms with Crippen LogP contribution in [0.25, 0.3) is 5.69 Å². The normalized spacial score (nSPS) is 10.4. The van der Waals surface area contributed by atoms with Gasteiger partial charge in [0, 0.05) is 5.69 Å². The lowest BCUT2D eigenvalue weighted by molar-refractivity contribution is 0.102. The number of rotatable bonds is 5. The number of carbonyl (C=O) groups excluding carboxylic acids is 2. The Balaban J connectivity index is 1.72. The highest BCUT2D eigenvalue weighted by atomic mass is 35.5. The Bertz CT molecular complexity index is 1190. The monoisotopic (exact) mass is 416 g/mol. The molecule has 1 aromatic heterocycles. The maximum Gasteiger partial charge on any atom is 0.261 e. The number of nitrogens with zero attached hydrogens (tertiary/aromatic N) is 2. The van der Waals surface area contributed by atoms with E-state index in [1.807, 2.05) is 48.5 Å². The highest BCUT2D eigenvalue weighted by Crippen LogP contribution is 2.24. The van der Waals surface area contributed by atoms with E-state index in [1.165, 1.54) is 10.9 Å². The zero-order valence-corrected chi connectivity index (χ0v) is 16.5. The van der Waals surface area contributed by atoms with Crippen LogP contribution in [0, 0.1) is 0 Å². The highest BCUT2D eigenvalue weighted by molar-refractivity contribution is 6.34. The van der Waals surface area contributed by atoms with Crippen molar-refractivity contribution >= 4 is 34.9 Å². The van der Waals surface area contributed by atoms with E-state index in [-0.39, 0.29) is 11.4 Å². The second-order valence-electron chi connectivity index (χ2n) is 6.41. The van der Waals surface area contributed by atoms with Crippen LogP contribution in [0.4, 0.5) is 11.5 Å². The molecule has 0 unspecified atom stereocenters. The van der Waals surface area contributed by atoms with Crippen LogP contribution in [0.1, 0.15) is 20.7 Å². The minimum atomic E-state index is -0.438. The van der Waals surface area contributed by atoms with Crippen molar-refractivity contribution in [2.75, 3.05) is 10.6 Å². The van der Waals surface area contributed by atoms with Crippen LogP contribution in [0.15, 0.2) is 91.1 Å². The fourth-order valence-corrected chi connectivity index (χ4v) is 3.16. The Kier molecular flexibility index (Phi) is 5.59. The van der Waals surface area contributed by atoms with Crippen LogP contribution < -0.4 is 10.6 Å². The number of para-hydroxylation sites is 2. The number of carbonyl (C=O) groups is 2. The number of benzene rings is 3. The molecule has 0 radical (unpaired) electrons. The number of halogens is 1. The zero-order valence-electron chi connectivity index (χ0n) is 15.7. The lowest BCUT2D eigenvalue weighted by Crippen LogP contribution is -2.20. The lowest BCUT2D eigenvalue weighted by atomic mass is 10.2. The Hall–Kier alpha value is -3.90. The molecule has 2 amide bonds. The molecule has 30 heavy (non-hydrogen) atoms. The van der Waals surface area contributed by atoms with Crippen molar-refractivity contribution in [2.24, 2.45) is 0 Å². The van der Waals surface area contributed by atoms with E-state index in [9.17, 15) is 9.59 Å². The van der Waals surface area contributed by atoms with Crippen molar-refractivity contribution in [2.45, 2.75) is 0 Å². The molecule has 0 spiro atoms. The topological polar surface area (TPSA) is 76.0 Å². The summed E-state index contributed by atoms with van der Waals surface area (Å²) in [6, 6.07) is 25.0. The maximum atomic E-state index is 12.9. The van der Waals surface area contributed by atoms with Gasteiger partial charge in [-0.25, -0.2) is 4.68 Å². The standard InChI is InChI=1S/C23H17ClN4O2/c24-20-14-8-7-13-18(20)22(29)27-21-19(23(30)26-16-9-3-1-4-10-16)15-25-28(21)17-11-5-2-6-12-17/h1-15H,(H,26,30)(H,27,29). The van der Waals surface area contributed by atoms with Crippen LogP contribution in [0.5, 0.6) is 0 Å². The second kappa shape index (κ2) is 8.63. The van der Waals surface area contributed by atoms with Gasteiger partial charge in [-0.2, -0.15) is 5.10 Å². The molecule has 7 heteroatoms. The molecule has 4 rings (SSSR count). The molecule has 148 valence electrons. The van der Waals surface area contributed by atoms with Crippen LogP contribution in [-0.4, -0.2) is 21.6 Å². The van der Waals surface area contributed by atoms with Gasteiger partial charge in [0.1, 0.15) is 11.4 Å². The lowest BCUT2D eigenvalue weighted by Gasteiger charge is -2.12. The molecule has 0 saturated heterocycles. The highest BCUT2D eigenvalue weighted by Gasteiger charge is 2.22. The van der Waals surface area contributed by atoms with Crippen molar-refractivity contribution in [3.05, 3.63) is 107 Å². The average Bonchev–Trinajstić information content (AvgIpc) is 3.19. The van der Waals surface area contributed by atoms with Crippen molar-refractivity contribution in [1.29, 1.82) is 0 Å². The number of aromatic nitrogens is 2. The first kappa shape index (κ1) is 19.4. The van der Waals surface area contributed by atoms with Gasteiger partial charge in [-0.1, -0.05) is 60.1 Å². The van der Waals surface area contributed by atoms with Crippen LogP contribution in [0.2, 0.25) is 5.02 Å². The summed E-state index contributed by atoms with van der Waals surface area (Å²) < 4.78 is 1.51. The number of hydrogen-bond acceptors (Lipinski definition) is 3. The van der Waals surface area contributed by atoms with E-state index in [0.29, 0.717) is 22.0 Å². The minimum absolute atomic E-state index is 0.225. The molecule has 3 aromatic carbocycles. The summed E-state index contributed by atoms with van der Waals surface area (Å²) in [6.45, 7) is 0. The van der Waals surface area contributed by atoms with Gasteiger partial charge in [-0.3, -0.25) is 9.59 Å². The van der Waals surface area contributed by atoms with Gasteiger partial charge in [0.15, 0.2) is 0 Å². The van der Waals surface area contributed by atoms with Gasteiger partial charge < -0.3 is 10.6 Å². The van der Waals surface area contributed by atoms with Gasteiger partial charge >= 0.3 is 0 Å². The van der Waals surface area contributed by atoms with Gasteiger partial charge in [0.05, 0.1) is 22.5 Å². The van der Waals surface area contributed by atoms with E-state index in [2.05, 4.69) is 15.7 Å². The summed E-state index contributed by atoms with van der Waals surface area (Å²) in [6.07, 6.45) is 1.42. The fourth-order valence-electron chi connectivity index (χ4n) is 2.94. The molecular formula is C23H17ClN4O2. The molecule has 0 aliphatic carbocycles. The minimum Gasteiger partial charge on any atom is -0.322 e. The molecule has 0 fully saturated rings. The molecule has 6 nitrogen and oxygen atoms in total. The summed E-state index contributed by atoms with van der Waals surface area (Å²) in [7, 11) is 0. The predicted molar refractivity (Wildman–Crippen MR) is 117 cm³/mol. The number of nitrogens with one attached hydrogen (secondary N) is 2. The quantitative estimate of drug-likeness (QED) is 0.479. The van der Waals surface area contributed by atoms with Crippen molar-refractivity contribution in [3.63, 3.8) is 0 Å². The Morgan fingerprint density at radius 1 is 0.733 bits per heavy atom. The van der Waals surface area contributed by atoms with Gasteiger partial charge in [-0.15, -0.1) is 0 Å². The molecule has 0 atom stereocenters. The molecule has 0 aliphatic rings. The third-order valence-corrected chi connectivity index (χ3v) is 4.73. The van der Waals surface area contributed by atoms with E-state index < -0.39 is 11.8 Å². The average molecular weight is 417 g/mol. The molecule has 1 heterocycles. The Morgan fingerprint density at radius 3 is 2.03 bits per heavy atom. The van der Waals surface area contributed by atoms with Crippen molar-refractivity contribution in [1.82, 2.24) is 9.78 Å².